The first kappa shape index (κ1) is 15.5. The Morgan fingerprint density at radius 1 is 1.48 bits per heavy atom. The van der Waals surface area contributed by atoms with Gasteiger partial charge in [0.15, 0.2) is 0 Å². The van der Waals surface area contributed by atoms with Crippen molar-refractivity contribution in [1.29, 1.82) is 0 Å². The quantitative estimate of drug-likeness (QED) is 0.891. The summed E-state index contributed by atoms with van der Waals surface area (Å²) >= 11 is 1.73. The van der Waals surface area contributed by atoms with Crippen molar-refractivity contribution in [2.24, 2.45) is 0 Å². The lowest BCUT2D eigenvalue weighted by Crippen LogP contribution is -2.36. The number of hydrogen-bond donors (Lipinski definition) is 1. The average Bonchev–Trinajstić information content (AvgIpc) is 2.99. The number of likely N-dealkylation sites (N-methyl/N-ethyl adjacent to an activating group) is 1. The molecule has 21 heavy (non-hydrogen) atoms. The van der Waals surface area contributed by atoms with Crippen molar-refractivity contribution in [3.63, 3.8) is 0 Å². The highest BCUT2D eigenvalue weighted by Gasteiger charge is 2.18. The summed E-state index contributed by atoms with van der Waals surface area (Å²) in [5, 5.41) is 5.19. The molecule has 1 N–H and O–H groups in total. The van der Waals surface area contributed by atoms with Crippen molar-refractivity contribution < 1.29 is 4.79 Å². The van der Waals surface area contributed by atoms with Gasteiger partial charge in [0.25, 0.3) is 5.91 Å². The van der Waals surface area contributed by atoms with Gasteiger partial charge < -0.3 is 10.2 Å². The molecule has 2 rings (SSSR count). The Morgan fingerprint density at radius 2 is 2.29 bits per heavy atom. The third kappa shape index (κ3) is 4.04. The normalized spacial score (nSPS) is 12.0. The molecule has 1 amide bonds. The van der Waals surface area contributed by atoms with Crippen molar-refractivity contribution >= 4 is 23.1 Å². The van der Waals surface area contributed by atoms with Gasteiger partial charge in [-0.15, -0.1) is 11.3 Å². The molecule has 0 saturated carbocycles. The molecule has 0 aliphatic heterocycles. The van der Waals surface area contributed by atoms with Crippen LogP contribution < -0.4 is 5.32 Å². The highest BCUT2D eigenvalue weighted by Crippen LogP contribution is 2.16. The van der Waals surface area contributed by atoms with Gasteiger partial charge in [-0.05, 0) is 37.4 Å². The lowest BCUT2D eigenvalue weighted by Gasteiger charge is -2.24. The van der Waals surface area contributed by atoms with E-state index >= 15 is 0 Å². The molecular weight excluding hydrogens is 282 g/mol. The molecule has 2 aromatic rings. The van der Waals surface area contributed by atoms with Gasteiger partial charge in [-0.3, -0.25) is 4.79 Å². The number of anilines is 1. The van der Waals surface area contributed by atoms with E-state index in [9.17, 15) is 4.79 Å². The summed E-state index contributed by atoms with van der Waals surface area (Å²) in [6.45, 7) is 4.87. The number of pyridine rings is 1. The highest BCUT2D eigenvalue weighted by molar-refractivity contribution is 7.09. The summed E-state index contributed by atoms with van der Waals surface area (Å²) in [6, 6.07) is 7.87. The van der Waals surface area contributed by atoms with Crippen LogP contribution in [-0.4, -0.2) is 35.4 Å². The fourth-order valence-electron chi connectivity index (χ4n) is 2.10. The van der Waals surface area contributed by atoms with Gasteiger partial charge in [0.2, 0.25) is 0 Å². The molecule has 1 atom stereocenters. The molecule has 1 unspecified atom stereocenters. The van der Waals surface area contributed by atoms with Crippen LogP contribution >= 0.6 is 11.3 Å². The monoisotopic (exact) mass is 303 g/mol. The van der Waals surface area contributed by atoms with Crippen LogP contribution in [0.1, 0.15) is 29.1 Å². The van der Waals surface area contributed by atoms with E-state index in [0.717, 1.165) is 18.8 Å². The minimum atomic E-state index is 0.0283. The van der Waals surface area contributed by atoms with Crippen LogP contribution in [0.4, 0.5) is 5.82 Å². The van der Waals surface area contributed by atoms with Crippen molar-refractivity contribution in [1.82, 2.24) is 9.88 Å². The molecule has 112 valence electrons. The SMILES string of the molecule is CCNc1cc(C(=O)N(C)C(C)Cc2cccs2)ccn1. The second-order valence-electron chi connectivity index (χ2n) is 5.01. The Kier molecular flexibility index (Phi) is 5.33. The number of amides is 1. The number of aromatic nitrogens is 1. The van der Waals surface area contributed by atoms with Gasteiger partial charge in [-0.2, -0.15) is 0 Å². The maximum absolute atomic E-state index is 12.5. The summed E-state index contributed by atoms with van der Waals surface area (Å²) in [5.41, 5.74) is 0.668. The van der Waals surface area contributed by atoms with Gasteiger partial charge in [-0.1, -0.05) is 6.07 Å². The van der Waals surface area contributed by atoms with E-state index < -0.39 is 0 Å². The molecule has 0 saturated heterocycles. The van der Waals surface area contributed by atoms with E-state index in [4.69, 9.17) is 0 Å². The van der Waals surface area contributed by atoms with E-state index in [1.54, 1.807) is 34.6 Å². The lowest BCUT2D eigenvalue weighted by atomic mass is 10.1. The summed E-state index contributed by atoms with van der Waals surface area (Å²) in [6.07, 6.45) is 2.55. The minimum Gasteiger partial charge on any atom is -0.370 e. The van der Waals surface area contributed by atoms with Crippen molar-refractivity contribution in [3.05, 3.63) is 46.3 Å². The van der Waals surface area contributed by atoms with Gasteiger partial charge in [0, 0.05) is 42.7 Å². The molecule has 2 heterocycles. The average molecular weight is 303 g/mol. The first-order valence-electron chi connectivity index (χ1n) is 7.11. The molecule has 0 aromatic carbocycles. The number of hydrogen-bond acceptors (Lipinski definition) is 4. The molecular formula is C16H21N3OS. The number of thiophene rings is 1. The topological polar surface area (TPSA) is 45.2 Å². The molecule has 2 aromatic heterocycles. The van der Waals surface area contributed by atoms with Crippen molar-refractivity contribution in [2.75, 3.05) is 18.9 Å². The predicted octanol–water partition coefficient (Wildman–Crippen LogP) is 3.28. The van der Waals surface area contributed by atoms with E-state index in [1.807, 2.05) is 20.0 Å². The van der Waals surface area contributed by atoms with E-state index in [2.05, 4.69) is 28.7 Å². The van der Waals surface area contributed by atoms with Gasteiger partial charge in [0.05, 0.1) is 0 Å². The van der Waals surface area contributed by atoms with Crippen molar-refractivity contribution in [3.8, 4) is 0 Å². The van der Waals surface area contributed by atoms with Crippen LogP contribution in [-0.2, 0) is 6.42 Å². The zero-order valence-electron chi connectivity index (χ0n) is 12.7. The second-order valence-corrected chi connectivity index (χ2v) is 6.04. The molecule has 4 nitrogen and oxygen atoms in total. The van der Waals surface area contributed by atoms with Crippen LogP contribution in [0.15, 0.2) is 35.8 Å². The van der Waals surface area contributed by atoms with E-state index in [0.29, 0.717) is 5.56 Å². The standard InChI is InChI=1S/C16H21N3OS/c1-4-17-15-11-13(7-8-18-15)16(20)19(3)12(2)10-14-6-5-9-21-14/h5-9,11-12H,4,10H2,1-3H3,(H,17,18). The smallest absolute Gasteiger partial charge is 0.254 e. The van der Waals surface area contributed by atoms with Crippen LogP contribution in [0.25, 0.3) is 0 Å². The Morgan fingerprint density at radius 3 is 2.95 bits per heavy atom. The van der Waals surface area contributed by atoms with Gasteiger partial charge >= 0.3 is 0 Å². The zero-order chi connectivity index (χ0) is 15.2. The largest absolute Gasteiger partial charge is 0.370 e. The van der Waals surface area contributed by atoms with E-state index in [-0.39, 0.29) is 11.9 Å². The fourth-order valence-corrected chi connectivity index (χ4v) is 2.93. The molecule has 0 bridgehead atoms. The Hall–Kier alpha value is -1.88. The lowest BCUT2D eigenvalue weighted by molar-refractivity contribution is 0.0744. The molecule has 0 spiro atoms. The van der Waals surface area contributed by atoms with E-state index in [1.165, 1.54) is 4.88 Å². The van der Waals surface area contributed by atoms with Gasteiger partial charge in [-0.25, -0.2) is 4.98 Å². The first-order valence-corrected chi connectivity index (χ1v) is 7.99. The zero-order valence-corrected chi connectivity index (χ0v) is 13.5. The predicted molar refractivity (Wildman–Crippen MR) is 88.0 cm³/mol. The van der Waals surface area contributed by atoms with Crippen LogP contribution in [0, 0.1) is 0 Å². The molecule has 0 aliphatic rings. The Labute approximate surface area is 129 Å². The molecule has 0 radical (unpaired) electrons. The molecule has 0 fully saturated rings. The van der Waals surface area contributed by atoms with Crippen LogP contribution in [0.3, 0.4) is 0 Å². The number of carbonyl (C=O) groups is 1. The molecule has 0 aliphatic carbocycles. The number of nitrogens with zero attached hydrogens (tertiary/aromatic N) is 2. The maximum atomic E-state index is 12.5. The van der Waals surface area contributed by atoms with Gasteiger partial charge in [0.1, 0.15) is 5.82 Å². The summed E-state index contributed by atoms with van der Waals surface area (Å²) in [7, 11) is 1.86. The fraction of sp³-hybridized carbons (Fsp3) is 0.375. The number of rotatable bonds is 6. The summed E-state index contributed by atoms with van der Waals surface area (Å²) < 4.78 is 0. The summed E-state index contributed by atoms with van der Waals surface area (Å²) in [4.78, 5) is 19.8. The minimum absolute atomic E-state index is 0.0283. The summed E-state index contributed by atoms with van der Waals surface area (Å²) in [5.74, 6) is 0.767. The third-order valence-electron chi connectivity index (χ3n) is 3.42. The maximum Gasteiger partial charge on any atom is 0.254 e. The molecule has 5 heteroatoms. The Balaban J connectivity index is 2.05. The van der Waals surface area contributed by atoms with Crippen LogP contribution in [0.2, 0.25) is 0 Å². The Bertz CT molecular complexity index is 583. The second kappa shape index (κ2) is 7.22. The number of nitrogens with one attached hydrogen (secondary N) is 1. The third-order valence-corrected chi connectivity index (χ3v) is 4.32. The van der Waals surface area contributed by atoms with Crippen molar-refractivity contribution in [2.45, 2.75) is 26.3 Å². The first-order chi connectivity index (χ1) is 10.1. The number of carbonyl (C=O) groups excluding carboxylic acids is 1. The highest BCUT2D eigenvalue weighted by atomic mass is 32.1. The van der Waals surface area contributed by atoms with Crippen LogP contribution in [0.5, 0.6) is 0 Å².